The molecule has 2 fully saturated rings. The van der Waals surface area contributed by atoms with Crippen LogP contribution in [0.3, 0.4) is 0 Å². The Morgan fingerprint density at radius 2 is 1.19 bits per heavy atom. The number of alkyl halides is 1. The lowest BCUT2D eigenvalue weighted by Gasteiger charge is -2.25. The maximum atomic E-state index is 12.8. The molecule has 6 rings (SSSR count). The fraction of sp³-hybridized carbons (Fsp3) is 0.500. The molecule has 0 aliphatic carbocycles. The van der Waals surface area contributed by atoms with E-state index in [0.717, 1.165) is 12.7 Å². The summed E-state index contributed by atoms with van der Waals surface area (Å²) in [4.78, 5) is 57.3. The molecule has 4 aromatic rings. The fourth-order valence-corrected chi connectivity index (χ4v) is 12.2. The molecule has 0 saturated carbocycles. The number of ether oxygens (including phenoxy) is 2. The van der Waals surface area contributed by atoms with Gasteiger partial charge in [0.15, 0.2) is 29.6 Å². The van der Waals surface area contributed by atoms with Gasteiger partial charge >= 0.3 is 30.8 Å². The number of nitrogens with zero attached hydrogens (tertiary/aromatic N) is 7. The SMILES string of the molecule is Nc1ccnc2c1ncn2[C@@H]1O[C@H](COP(=O)(O)OP(=O)(O)C(Cl)P(=O)(O)OP(=O)(O)OC[C@@H]2O[C@H](n3cnc4c(N)ncnc43)C(O)C2O)C(O)C1O. The van der Waals surface area contributed by atoms with Gasteiger partial charge in [-0.2, -0.15) is 0 Å². The lowest BCUT2D eigenvalue weighted by Crippen LogP contribution is -2.33. The Bertz CT molecular complexity index is 2080. The van der Waals surface area contributed by atoms with E-state index in [0.29, 0.717) is 0 Å². The van der Waals surface area contributed by atoms with Crippen LogP contribution in [0.15, 0.2) is 31.2 Å². The molecule has 0 bridgehead atoms. The van der Waals surface area contributed by atoms with Crippen LogP contribution in [0.1, 0.15) is 12.5 Å². The molecule has 0 amide bonds. The van der Waals surface area contributed by atoms with Crippen molar-refractivity contribution in [1.82, 2.24) is 34.1 Å². The highest BCUT2D eigenvalue weighted by atomic mass is 35.5. The number of pyridine rings is 1. The van der Waals surface area contributed by atoms with Crippen LogP contribution in [-0.4, -0.2) is 129 Å². The standard InChI is InChI=1S/C22H30ClN9O18P4/c23-22(51(37,38)49-53(41,42)45-3-9-13(33)15(35)20(47-9)31-6-29-11-8(24)1-2-26-18(11)31)52(39,40)50-54(43,44)46-4-10-14(34)16(36)21(48-10)32-7-30-12-17(25)27-5-28-19(12)32/h1-2,5-7,9-10,13-16,20-22,33-36H,3-4H2,(H2,24,26)(H,37,38)(H,39,40)(H,41,42)(H,43,44)(H2,25,27,28)/t9-,10+,13?,14?,15?,16?,20-,21+,22?/m1/s1. The molecule has 27 nitrogen and oxygen atoms in total. The van der Waals surface area contributed by atoms with Crippen LogP contribution in [0.5, 0.6) is 0 Å². The third-order valence-electron chi connectivity index (χ3n) is 7.88. The first-order chi connectivity index (χ1) is 25.1. The molecule has 0 radical (unpaired) electrons. The number of aliphatic hydroxyl groups excluding tert-OH is 4. The third-order valence-corrected chi connectivity index (χ3v) is 16.7. The Kier molecular flexibility index (Phi) is 11.5. The largest absolute Gasteiger partial charge is 0.479 e. The van der Waals surface area contributed by atoms with E-state index in [1.165, 1.54) is 27.7 Å². The van der Waals surface area contributed by atoms with Crippen molar-refractivity contribution < 1.29 is 85.4 Å². The summed E-state index contributed by atoms with van der Waals surface area (Å²) in [7, 11) is -23.5. The zero-order valence-corrected chi connectivity index (χ0v) is 30.9. The number of halogens is 1. The first-order valence-corrected chi connectivity index (χ1v) is 21.5. The van der Waals surface area contributed by atoms with Gasteiger partial charge in [0.05, 0.1) is 31.6 Å². The van der Waals surface area contributed by atoms with Gasteiger partial charge in [0.25, 0.3) is 0 Å². The average Bonchev–Trinajstić information content (AvgIpc) is 3.84. The first kappa shape index (κ1) is 41.1. The summed E-state index contributed by atoms with van der Waals surface area (Å²) in [5.74, 6) is -0.0124. The molecule has 6 heterocycles. The number of hydrogen-bond donors (Lipinski definition) is 10. The molecular weight excluding hydrogens is 838 g/mol. The first-order valence-electron chi connectivity index (χ1n) is 14.8. The number of fused-ring (bicyclic) bond motifs is 2. The second kappa shape index (κ2) is 15.1. The van der Waals surface area contributed by atoms with Gasteiger partial charge in [0.1, 0.15) is 54.0 Å². The molecule has 9 unspecified atom stereocenters. The molecular formula is C22H30ClN9O18P4. The number of phosphoric acid groups is 2. The number of nitrogens with two attached hydrogens (primary N) is 2. The van der Waals surface area contributed by atoms with Crippen molar-refractivity contribution in [3.05, 3.63) is 31.2 Å². The van der Waals surface area contributed by atoms with Gasteiger partial charge in [-0.1, -0.05) is 11.6 Å². The summed E-state index contributed by atoms with van der Waals surface area (Å²) in [6.07, 6.45) is -8.19. The van der Waals surface area contributed by atoms with Crippen molar-refractivity contribution in [1.29, 1.82) is 0 Å². The summed E-state index contributed by atoms with van der Waals surface area (Å²) in [6.45, 7) is -2.19. The minimum Gasteiger partial charge on any atom is -0.397 e. The maximum absolute atomic E-state index is 12.8. The molecule has 32 heteroatoms. The van der Waals surface area contributed by atoms with Crippen LogP contribution in [0, 0.1) is 0 Å². The summed E-state index contributed by atoms with van der Waals surface area (Å²) in [5.41, 5.74) is 12.4. The number of hydrogen-bond acceptors (Lipinski definition) is 21. The monoisotopic (exact) mass is 867 g/mol. The topological polar surface area (TPSA) is 412 Å². The van der Waals surface area contributed by atoms with Crippen LogP contribution in [-0.2, 0) is 45.4 Å². The van der Waals surface area contributed by atoms with Gasteiger partial charge in [0, 0.05) is 6.20 Å². The summed E-state index contributed by atoms with van der Waals surface area (Å²) >= 11 is 5.59. The van der Waals surface area contributed by atoms with Gasteiger partial charge in [-0.05, 0) is 6.07 Å². The van der Waals surface area contributed by atoms with Crippen molar-refractivity contribution in [3.8, 4) is 0 Å². The van der Waals surface area contributed by atoms with Gasteiger partial charge in [-0.25, -0.2) is 42.7 Å². The maximum Gasteiger partial charge on any atom is 0.479 e. The van der Waals surface area contributed by atoms with Crippen LogP contribution in [0.2, 0.25) is 0 Å². The van der Waals surface area contributed by atoms with E-state index in [9.17, 15) is 58.3 Å². The lowest BCUT2D eigenvalue weighted by atomic mass is 10.1. The van der Waals surface area contributed by atoms with Crippen LogP contribution in [0.4, 0.5) is 11.5 Å². The number of anilines is 2. The van der Waals surface area contributed by atoms with E-state index in [1.54, 1.807) is 0 Å². The number of aromatic nitrogens is 7. The summed E-state index contributed by atoms with van der Waals surface area (Å²) in [6, 6.07) is 1.46. The fourth-order valence-electron chi connectivity index (χ4n) is 5.33. The van der Waals surface area contributed by atoms with E-state index >= 15 is 0 Å². The molecule has 4 aromatic heterocycles. The number of nitrogen functional groups attached to an aromatic ring is 2. The number of aliphatic hydroxyl groups is 4. The normalized spacial score (nSPS) is 31.2. The third kappa shape index (κ3) is 8.12. The van der Waals surface area contributed by atoms with Crippen LogP contribution in [0.25, 0.3) is 22.3 Å². The molecule has 2 aliphatic heterocycles. The van der Waals surface area contributed by atoms with E-state index in [-0.39, 0.29) is 33.8 Å². The van der Waals surface area contributed by atoms with Crippen molar-refractivity contribution >= 4 is 76.3 Å². The van der Waals surface area contributed by atoms with Crippen molar-refractivity contribution in [2.45, 2.75) is 53.9 Å². The lowest BCUT2D eigenvalue weighted by molar-refractivity contribution is -0.0502. The zero-order valence-electron chi connectivity index (χ0n) is 26.6. The average molecular weight is 868 g/mol. The smallest absolute Gasteiger partial charge is 0.397 e. The molecule has 0 spiro atoms. The Morgan fingerprint density at radius 1 is 0.722 bits per heavy atom. The minimum absolute atomic E-state index is 0.0124. The van der Waals surface area contributed by atoms with Gasteiger partial charge in [-0.15, -0.1) is 0 Å². The Labute approximate surface area is 305 Å². The van der Waals surface area contributed by atoms with Crippen molar-refractivity contribution in [2.75, 3.05) is 24.7 Å². The molecule has 2 saturated heterocycles. The number of imidazole rings is 2. The predicted octanol–water partition coefficient (Wildman–Crippen LogP) is -1.17. The number of phosphoric ester groups is 2. The highest BCUT2D eigenvalue weighted by Crippen LogP contribution is 2.76. The van der Waals surface area contributed by atoms with E-state index in [4.69, 9.17) is 32.5 Å². The quantitative estimate of drug-likeness (QED) is 0.0527. The molecule has 298 valence electrons. The second-order valence-corrected chi connectivity index (χ2v) is 20.0. The Balaban J connectivity index is 1.04. The minimum atomic E-state index is -6.01. The van der Waals surface area contributed by atoms with Gasteiger partial charge in [0.2, 0.25) is 4.86 Å². The van der Waals surface area contributed by atoms with Crippen molar-refractivity contribution in [2.24, 2.45) is 0 Å². The molecule has 13 atom stereocenters. The molecule has 54 heavy (non-hydrogen) atoms. The van der Waals surface area contributed by atoms with Crippen LogP contribution >= 0.6 is 42.4 Å². The van der Waals surface area contributed by atoms with Gasteiger partial charge < -0.3 is 60.9 Å². The van der Waals surface area contributed by atoms with E-state index in [2.05, 4.69) is 42.6 Å². The van der Waals surface area contributed by atoms with Crippen molar-refractivity contribution in [3.63, 3.8) is 0 Å². The molecule has 12 N–H and O–H groups in total. The Hall–Kier alpha value is -2.58. The highest BCUT2D eigenvalue weighted by molar-refractivity contribution is 7.79. The second-order valence-electron chi connectivity index (χ2n) is 11.5. The highest BCUT2D eigenvalue weighted by Gasteiger charge is 2.54. The zero-order chi connectivity index (χ0) is 39.5. The van der Waals surface area contributed by atoms with E-state index in [1.807, 2.05) is 0 Å². The van der Waals surface area contributed by atoms with E-state index < -0.39 is 98.0 Å². The molecule has 0 aromatic carbocycles. The number of rotatable bonds is 14. The Morgan fingerprint density at radius 3 is 1.69 bits per heavy atom. The summed E-state index contributed by atoms with van der Waals surface area (Å²) in [5, 5.41) is 42.0. The molecule has 2 aliphatic rings. The van der Waals surface area contributed by atoms with Crippen LogP contribution < -0.4 is 11.5 Å². The predicted molar refractivity (Wildman–Crippen MR) is 177 cm³/mol. The summed E-state index contributed by atoms with van der Waals surface area (Å²) < 4.78 is 81.5. The van der Waals surface area contributed by atoms with Gasteiger partial charge in [-0.3, -0.25) is 27.3 Å².